The number of carbonyl (C=O) groups is 2. The third-order valence-electron chi connectivity index (χ3n) is 2.56. The first-order chi connectivity index (χ1) is 8.06. The van der Waals surface area contributed by atoms with E-state index in [0.29, 0.717) is 12.3 Å². The van der Waals surface area contributed by atoms with Crippen molar-refractivity contribution in [3.05, 3.63) is 0 Å². The van der Waals surface area contributed by atoms with Crippen LogP contribution in [0.3, 0.4) is 0 Å². The van der Waals surface area contributed by atoms with Crippen LogP contribution in [-0.4, -0.2) is 25.2 Å². The van der Waals surface area contributed by atoms with E-state index in [1.807, 2.05) is 6.92 Å². The summed E-state index contributed by atoms with van der Waals surface area (Å²) in [4.78, 5) is 23.4. The second-order valence-corrected chi connectivity index (χ2v) is 4.19. The molecule has 0 aliphatic heterocycles. The van der Waals surface area contributed by atoms with E-state index in [-0.39, 0.29) is 13.2 Å². The lowest BCUT2D eigenvalue weighted by Gasteiger charge is -2.17. The first kappa shape index (κ1) is 15.9. The Morgan fingerprint density at radius 1 is 1.00 bits per heavy atom. The Morgan fingerprint density at radius 2 is 1.47 bits per heavy atom. The van der Waals surface area contributed by atoms with Gasteiger partial charge in [-0.1, -0.05) is 26.7 Å². The fourth-order valence-corrected chi connectivity index (χ4v) is 1.79. The van der Waals surface area contributed by atoms with Gasteiger partial charge in [-0.15, -0.1) is 0 Å². The highest BCUT2D eigenvalue weighted by Gasteiger charge is 2.30. The zero-order valence-electron chi connectivity index (χ0n) is 11.3. The summed E-state index contributed by atoms with van der Waals surface area (Å²) in [6.07, 6.45) is 2.54. The predicted octanol–water partition coefficient (Wildman–Crippen LogP) is 2.56. The molecule has 0 unspecified atom stereocenters. The van der Waals surface area contributed by atoms with Crippen molar-refractivity contribution in [2.75, 3.05) is 13.2 Å². The lowest BCUT2D eigenvalue weighted by atomic mass is 9.92. The van der Waals surface area contributed by atoms with Crippen LogP contribution < -0.4 is 0 Å². The third-order valence-corrected chi connectivity index (χ3v) is 2.56. The molecule has 0 aromatic rings. The van der Waals surface area contributed by atoms with E-state index in [1.165, 1.54) is 0 Å². The molecule has 100 valence electrons. The molecule has 0 saturated carbocycles. The Labute approximate surface area is 104 Å². The lowest BCUT2D eigenvalue weighted by Crippen LogP contribution is -2.29. The second kappa shape index (κ2) is 9.02. The molecule has 0 heterocycles. The first-order valence-electron chi connectivity index (χ1n) is 6.39. The number of esters is 2. The van der Waals surface area contributed by atoms with Crippen LogP contribution in [0.15, 0.2) is 0 Å². The predicted molar refractivity (Wildman–Crippen MR) is 65.4 cm³/mol. The fraction of sp³-hybridized carbons (Fsp3) is 0.846. The maximum atomic E-state index is 11.7. The zero-order valence-corrected chi connectivity index (χ0v) is 11.3. The summed E-state index contributed by atoms with van der Waals surface area (Å²) in [5.41, 5.74) is 0. The Bertz CT molecular complexity index is 220. The van der Waals surface area contributed by atoms with E-state index in [4.69, 9.17) is 9.47 Å². The molecule has 0 aromatic carbocycles. The Morgan fingerprint density at radius 3 is 1.82 bits per heavy atom. The van der Waals surface area contributed by atoms with E-state index >= 15 is 0 Å². The van der Waals surface area contributed by atoms with E-state index in [9.17, 15) is 9.59 Å². The van der Waals surface area contributed by atoms with Gasteiger partial charge in [0.2, 0.25) is 0 Å². The first-order valence-corrected chi connectivity index (χ1v) is 6.39. The standard InChI is InChI=1S/C13H24O4/c1-5-8-10(4)9-11(12(14)16-6-2)13(15)17-7-3/h10-11H,5-9H2,1-4H3/t10-/m1/s1. The molecule has 0 bridgehead atoms. The molecule has 17 heavy (non-hydrogen) atoms. The second-order valence-electron chi connectivity index (χ2n) is 4.19. The summed E-state index contributed by atoms with van der Waals surface area (Å²) in [7, 11) is 0. The maximum absolute atomic E-state index is 11.7. The van der Waals surface area contributed by atoms with Crippen molar-refractivity contribution >= 4 is 11.9 Å². The van der Waals surface area contributed by atoms with Crippen molar-refractivity contribution in [1.82, 2.24) is 0 Å². The van der Waals surface area contributed by atoms with Gasteiger partial charge in [-0.2, -0.15) is 0 Å². The minimum Gasteiger partial charge on any atom is -0.465 e. The van der Waals surface area contributed by atoms with E-state index in [0.717, 1.165) is 12.8 Å². The molecular formula is C13H24O4. The average molecular weight is 244 g/mol. The molecule has 0 rings (SSSR count). The molecular weight excluding hydrogens is 220 g/mol. The molecule has 0 aromatic heterocycles. The highest BCUT2D eigenvalue weighted by Crippen LogP contribution is 2.19. The molecule has 4 nitrogen and oxygen atoms in total. The van der Waals surface area contributed by atoms with Gasteiger partial charge in [-0.25, -0.2) is 0 Å². The van der Waals surface area contributed by atoms with Crippen LogP contribution in [0.25, 0.3) is 0 Å². The van der Waals surface area contributed by atoms with Gasteiger partial charge in [0.25, 0.3) is 0 Å². The summed E-state index contributed by atoms with van der Waals surface area (Å²) < 4.78 is 9.82. The Balaban J connectivity index is 4.49. The molecule has 0 aliphatic rings. The monoisotopic (exact) mass is 244 g/mol. The molecule has 0 saturated heterocycles. The van der Waals surface area contributed by atoms with Crippen LogP contribution in [-0.2, 0) is 19.1 Å². The lowest BCUT2D eigenvalue weighted by molar-refractivity contribution is -0.162. The third kappa shape index (κ3) is 6.29. The quantitative estimate of drug-likeness (QED) is 0.486. The van der Waals surface area contributed by atoms with Gasteiger partial charge in [-0.05, 0) is 26.2 Å². The minimum atomic E-state index is -0.767. The van der Waals surface area contributed by atoms with Gasteiger partial charge in [-0.3, -0.25) is 9.59 Å². The number of ether oxygens (including phenoxy) is 2. The topological polar surface area (TPSA) is 52.6 Å². The smallest absolute Gasteiger partial charge is 0.320 e. The Hall–Kier alpha value is -1.06. The van der Waals surface area contributed by atoms with E-state index in [1.54, 1.807) is 13.8 Å². The van der Waals surface area contributed by atoms with Gasteiger partial charge in [0.15, 0.2) is 5.92 Å². The molecule has 1 atom stereocenters. The van der Waals surface area contributed by atoms with Gasteiger partial charge >= 0.3 is 11.9 Å². The van der Waals surface area contributed by atoms with E-state index in [2.05, 4.69) is 6.92 Å². The summed E-state index contributed by atoms with van der Waals surface area (Å²) in [5.74, 6) is -1.38. The molecule has 0 fully saturated rings. The van der Waals surface area contributed by atoms with Crippen molar-refractivity contribution in [2.24, 2.45) is 11.8 Å². The minimum absolute atomic E-state index is 0.289. The largest absolute Gasteiger partial charge is 0.465 e. The number of carbonyl (C=O) groups excluding carboxylic acids is 2. The van der Waals surface area contributed by atoms with Crippen LogP contribution in [0.4, 0.5) is 0 Å². The van der Waals surface area contributed by atoms with Crippen LogP contribution in [0.5, 0.6) is 0 Å². The molecule has 4 heteroatoms. The number of hydrogen-bond donors (Lipinski definition) is 0. The van der Waals surface area contributed by atoms with Gasteiger partial charge in [0.05, 0.1) is 13.2 Å². The van der Waals surface area contributed by atoms with Crippen LogP contribution in [0, 0.1) is 11.8 Å². The van der Waals surface area contributed by atoms with Crippen LogP contribution in [0.1, 0.15) is 47.0 Å². The highest BCUT2D eigenvalue weighted by molar-refractivity contribution is 5.94. The SMILES string of the molecule is CCC[C@@H](C)CC(C(=O)OCC)C(=O)OCC. The van der Waals surface area contributed by atoms with Crippen molar-refractivity contribution in [3.8, 4) is 0 Å². The molecule has 0 radical (unpaired) electrons. The number of rotatable bonds is 8. The fourth-order valence-electron chi connectivity index (χ4n) is 1.79. The molecule has 0 N–H and O–H groups in total. The van der Waals surface area contributed by atoms with E-state index < -0.39 is 17.9 Å². The van der Waals surface area contributed by atoms with Crippen molar-refractivity contribution < 1.29 is 19.1 Å². The van der Waals surface area contributed by atoms with Crippen molar-refractivity contribution in [1.29, 1.82) is 0 Å². The van der Waals surface area contributed by atoms with Gasteiger partial charge in [0, 0.05) is 0 Å². The summed E-state index contributed by atoms with van der Waals surface area (Å²) in [5, 5.41) is 0. The summed E-state index contributed by atoms with van der Waals surface area (Å²) >= 11 is 0. The van der Waals surface area contributed by atoms with Crippen LogP contribution >= 0.6 is 0 Å². The molecule has 0 amide bonds. The van der Waals surface area contributed by atoms with Crippen molar-refractivity contribution in [2.45, 2.75) is 47.0 Å². The highest BCUT2D eigenvalue weighted by atomic mass is 16.6. The normalized spacial score (nSPS) is 12.3. The summed E-state index contributed by atoms with van der Waals surface area (Å²) in [6.45, 7) is 8.16. The molecule has 0 spiro atoms. The van der Waals surface area contributed by atoms with Crippen molar-refractivity contribution in [3.63, 3.8) is 0 Å². The molecule has 0 aliphatic carbocycles. The van der Waals surface area contributed by atoms with Gasteiger partial charge in [0.1, 0.15) is 0 Å². The zero-order chi connectivity index (χ0) is 13.3. The van der Waals surface area contributed by atoms with Crippen LogP contribution in [0.2, 0.25) is 0 Å². The average Bonchev–Trinajstić information content (AvgIpc) is 2.26. The maximum Gasteiger partial charge on any atom is 0.320 e. The Kier molecular flexibility index (Phi) is 8.46. The van der Waals surface area contributed by atoms with Gasteiger partial charge < -0.3 is 9.47 Å². The number of hydrogen-bond acceptors (Lipinski definition) is 4. The summed E-state index contributed by atoms with van der Waals surface area (Å²) in [6, 6.07) is 0.